The van der Waals surface area contributed by atoms with Crippen LogP contribution < -0.4 is 5.73 Å². The summed E-state index contributed by atoms with van der Waals surface area (Å²) in [6.07, 6.45) is 7.33. The highest BCUT2D eigenvalue weighted by molar-refractivity contribution is 4.95. The highest BCUT2D eigenvalue weighted by Crippen LogP contribution is 2.28. The zero-order valence-corrected chi connectivity index (χ0v) is 11.9. The first-order chi connectivity index (χ1) is 8.15. The molecule has 1 fully saturated rings. The molecule has 2 N–H and O–H groups in total. The molecule has 2 atom stereocenters. The normalized spacial score (nSPS) is 23.3. The molecule has 0 aromatic carbocycles. The Hall–Kier alpha value is -0.120. The molecule has 1 rings (SSSR count). The van der Waals surface area contributed by atoms with E-state index in [9.17, 15) is 0 Å². The third-order valence-electron chi connectivity index (χ3n) is 4.46. The summed E-state index contributed by atoms with van der Waals surface area (Å²) in [5.41, 5.74) is 6.61. The van der Waals surface area contributed by atoms with Crippen LogP contribution in [0, 0.1) is 0 Å². The van der Waals surface area contributed by atoms with E-state index in [0.29, 0.717) is 0 Å². The summed E-state index contributed by atoms with van der Waals surface area (Å²) in [5, 5.41) is 0. The van der Waals surface area contributed by atoms with Gasteiger partial charge in [-0.3, -0.25) is 4.90 Å². The smallest absolute Gasteiger partial charge is 0.0462 e. The summed E-state index contributed by atoms with van der Waals surface area (Å²) in [6.45, 7) is 7.89. The van der Waals surface area contributed by atoms with Crippen LogP contribution in [0.25, 0.3) is 0 Å². The van der Waals surface area contributed by atoms with Crippen LogP contribution in [0.2, 0.25) is 0 Å². The van der Waals surface area contributed by atoms with Crippen molar-refractivity contribution >= 4 is 0 Å². The van der Waals surface area contributed by atoms with E-state index in [-0.39, 0.29) is 11.6 Å². The number of likely N-dealkylation sites (tertiary alicyclic amines) is 1. The van der Waals surface area contributed by atoms with Crippen LogP contribution in [0.3, 0.4) is 0 Å². The van der Waals surface area contributed by atoms with E-state index in [1.165, 1.54) is 32.4 Å². The molecule has 17 heavy (non-hydrogen) atoms. The number of nitrogens with two attached hydrogens (primary N) is 1. The lowest BCUT2D eigenvalue weighted by atomic mass is 9.84. The molecule has 3 heteroatoms. The number of hydrogen-bond donors (Lipinski definition) is 1. The summed E-state index contributed by atoms with van der Waals surface area (Å²) in [4.78, 5) is 2.62. The molecule has 0 bridgehead atoms. The number of nitrogens with zero attached hydrogens (tertiary/aromatic N) is 1. The Morgan fingerprint density at radius 3 is 2.47 bits per heavy atom. The Balaban J connectivity index is 2.52. The van der Waals surface area contributed by atoms with E-state index in [4.69, 9.17) is 10.5 Å². The van der Waals surface area contributed by atoms with Crippen molar-refractivity contribution < 1.29 is 4.74 Å². The van der Waals surface area contributed by atoms with Crippen molar-refractivity contribution in [2.24, 2.45) is 5.73 Å². The minimum Gasteiger partial charge on any atom is -0.385 e. The lowest BCUT2D eigenvalue weighted by Crippen LogP contribution is -2.59. The summed E-state index contributed by atoms with van der Waals surface area (Å²) in [7, 11) is 1.76. The second-order valence-electron chi connectivity index (χ2n) is 5.50. The highest BCUT2D eigenvalue weighted by atomic mass is 16.5. The molecule has 0 aliphatic carbocycles. The van der Waals surface area contributed by atoms with Gasteiger partial charge in [-0.1, -0.05) is 13.3 Å². The van der Waals surface area contributed by atoms with E-state index in [2.05, 4.69) is 18.7 Å². The van der Waals surface area contributed by atoms with Crippen molar-refractivity contribution in [3.63, 3.8) is 0 Å². The van der Waals surface area contributed by atoms with Crippen LogP contribution in [-0.4, -0.2) is 43.3 Å². The van der Waals surface area contributed by atoms with Gasteiger partial charge in [-0.15, -0.1) is 0 Å². The largest absolute Gasteiger partial charge is 0.385 e. The molecule has 1 aliphatic heterocycles. The minimum absolute atomic E-state index is 0.175. The van der Waals surface area contributed by atoms with Gasteiger partial charge in [-0.25, -0.2) is 0 Å². The number of rotatable bonds is 7. The summed E-state index contributed by atoms with van der Waals surface area (Å²) in [6, 6.07) is 0.265. The first-order valence-corrected chi connectivity index (χ1v) is 7.14. The summed E-state index contributed by atoms with van der Waals surface area (Å²) < 4.78 is 5.11. The van der Waals surface area contributed by atoms with Gasteiger partial charge in [-0.2, -0.15) is 0 Å². The van der Waals surface area contributed by atoms with Crippen molar-refractivity contribution in [2.45, 2.75) is 64.0 Å². The third-order valence-corrected chi connectivity index (χ3v) is 4.46. The Bertz CT molecular complexity index is 204. The van der Waals surface area contributed by atoms with Crippen LogP contribution in [0.1, 0.15) is 52.4 Å². The molecule has 3 nitrogen and oxygen atoms in total. The fourth-order valence-corrected chi connectivity index (χ4v) is 2.88. The van der Waals surface area contributed by atoms with E-state index >= 15 is 0 Å². The Kier molecular flexibility index (Phi) is 6.45. The molecule has 0 radical (unpaired) electrons. The monoisotopic (exact) mass is 242 g/mol. The molecule has 0 saturated carbocycles. The zero-order chi connectivity index (χ0) is 12.7. The van der Waals surface area contributed by atoms with E-state index in [1.54, 1.807) is 7.11 Å². The Morgan fingerprint density at radius 1 is 1.29 bits per heavy atom. The van der Waals surface area contributed by atoms with E-state index in [1.807, 2.05) is 0 Å². The van der Waals surface area contributed by atoms with Gasteiger partial charge in [0.2, 0.25) is 0 Å². The van der Waals surface area contributed by atoms with Crippen LogP contribution in [0.5, 0.6) is 0 Å². The molecular formula is C14H30N2O. The average Bonchev–Trinajstić information content (AvgIpc) is 2.39. The topological polar surface area (TPSA) is 38.5 Å². The van der Waals surface area contributed by atoms with Crippen molar-refractivity contribution in [1.82, 2.24) is 4.90 Å². The van der Waals surface area contributed by atoms with Crippen molar-refractivity contribution in [3.8, 4) is 0 Å². The molecule has 1 aliphatic rings. The second kappa shape index (κ2) is 7.34. The van der Waals surface area contributed by atoms with Crippen LogP contribution in [0.15, 0.2) is 0 Å². The predicted molar refractivity (Wildman–Crippen MR) is 73.2 cm³/mol. The quantitative estimate of drug-likeness (QED) is 0.697. The molecule has 1 heterocycles. The lowest BCUT2D eigenvalue weighted by molar-refractivity contribution is 0.0492. The molecule has 2 unspecified atom stereocenters. The van der Waals surface area contributed by atoms with Crippen LogP contribution in [-0.2, 0) is 4.74 Å². The molecule has 0 aromatic heterocycles. The maximum atomic E-state index is 6.44. The third kappa shape index (κ3) is 3.94. The summed E-state index contributed by atoms with van der Waals surface area (Å²) in [5.74, 6) is 0. The van der Waals surface area contributed by atoms with E-state index in [0.717, 1.165) is 25.9 Å². The van der Waals surface area contributed by atoms with Gasteiger partial charge in [0.15, 0.2) is 0 Å². The number of hydrogen-bond acceptors (Lipinski definition) is 3. The van der Waals surface area contributed by atoms with Crippen molar-refractivity contribution in [1.29, 1.82) is 0 Å². The molecule has 0 amide bonds. The fraction of sp³-hybridized carbons (Fsp3) is 1.00. The van der Waals surface area contributed by atoms with E-state index < -0.39 is 0 Å². The van der Waals surface area contributed by atoms with Gasteiger partial charge >= 0.3 is 0 Å². The molecule has 102 valence electrons. The number of ether oxygens (including phenoxy) is 1. The second-order valence-corrected chi connectivity index (χ2v) is 5.50. The first kappa shape index (κ1) is 14.9. The number of piperidine rings is 1. The van der Waals surface area contributed by atoms with Crippen LogP contribution >= 0.6 is 0 Å². The highest BCUT2D eigenvalue weighted by Gasteiger charge is 2.36. The maximum Gasteiger partial charge on any atom is 0.0462 e. The lowest BCUT2D eigenvalue weighted by Gasteiger charge is -2.47. The zero-order valence-electron chi connectivity index (χ0n) is 11.9. The van der Waals surface area contributed by atoms with Gasteiger partial charge in [0, 0.05) is 25.3 Å². The Labute approximate surface area is 107 Å². The van der Waals surface area contributed by atoms with Gasteiger partial charge in [0.1, 0.15) is 0 Å². The molecule has 0 spiro atoms. The van der Waals surface area contributed by atoms with Crippen LogP contribution in [0.4, 0.5) is 0 Å². The predicted octanol–water partition coefficient (Wildman–Crippen LogP) is 2.39. The standard InChI is InChI=1S/C14H30N2O/c1-4-14(2,13(15)9-8-12-17-3)16-10-6-5-7-11-16/h13H,4-12,15H2,1-3H3. The van der Waals surface area contributed by atoms with Crippen molar-refractivity contribution in [3.05, 3.63) is 0 Å². The number of methoxy groups -OCH3 is 1. The van der Waals surface area contributed by atoms with Crippen molar-refractivity contribution in [2.75, 3.05) is 26.8 Å². The minimum atomic E-state index is 0.175. The first-order valence-electron chi connectivity index (χ1n) is 7.14. The van der Waals surface area contributed by atoms with Gasteiger partial charge in [-0.05, 0) is 52.1 Å². The van der Waals surface area contributed by atoms with Gasteiger partial charge in [0.25, 0.3) is 0 Å². The SMILES string of the molecule is CCC(C)(C(N)CCCOC)N1CCCCC1. The Morgan fingerprint density at radius 2 is 1.94 bits per heavy atom. The summed E-state index contributed by atoms with van der Waals surface area (Å²) >= 11 is 0. The average molecular weight is 242 g/mol. The maximum absolute atomic E-state index is 6.44. The van der Waals surface area contributed by atoms with Gasteiger partial charge in [0.05, 0.1) is 0 Å². The molecular weight excluding hydrogens is 212 g/mol. The molecule has 0 aromatic rings. The molecule has 1 saturated heterocycles. The van der Waals surface area contributed by atoms with Gasteiger partial charge < -0.3 is 10.5 Å². The fourth-order valence-electron chi connectivity index (χ4n) is 2.88.